The average molecular weight is 355 g/mol. The van der Waals surface area contributed by atoms with Gasteiger partial charge in [-0.05, 0) is 24.3 Å². The molecule has 0 atom stereocenters. The molecule has 0 radical (unpaired) electrons. The molecule has 0 heterocycles. The fourth-order valence-electron chi connectivity index (χ4n) is 1.62. The number of halogens is 3. The molecule has 2 aromatic carbocycles. The van der Waals surface area contributed by atoms with Crippen molar-refractivity contribution < 1.29 is 23.4 Å². The van der Waals surface area contributed by atoms with Crippen LogP contribution in [0.3, 0.4) is 0 Å². The van der Waals surface area contributed by atoms with Gasteiger partial charge < -0.3 is 9.84 Å². The molecule has 6 heteroatoms. The first-order valence-electron chi connectivity index (χ1n) is 5.78. The molecule has 3 nitrogen and oxygen atoms in total. The van der Waals surface area contributed by atoms with E-state index in [0.29, 0.717) is 10.0 Å². The lowest BCUT2D eigenvalue weighted by Gasteiger charge is -2.09. The van der Waals surface area contributed by atoms with E-state index in [1.807, 2.05) is 0 Å². The lowest BCUT2D eigenvalue weighted by molar-refractivity contribution is -0.131. The number of carboxylic acids is 1. The maximum Gasteiger partial charge on any atom is 0.328 e. The van der Waals surface area contributed by atoms with Crippen molar-refractivity contribution in [3.8, 4) is 11.5 Å². The third-order valence-electron chi connectivity index (χ3n) is 2.44. The normalized spacial score (nSPS) is 10.8. The summed E-state index contributed by atoms with van der Waals surface area (Å²) in [5.41, 5.74) is 0.455. The minimum Gasteiger partial charge on any atom is -0.478 e. The molecule has 0 spiro atoms. The van der Waals surface area contributed by atoms with E-state index in [2.05, 4.69) is 15.9 Å². The van der Waals surface area contributed by atoms with Crippen LogP contribution in [0.25, 0.3) is 6.08 Å². The number of rotatable bonds is 4. The summed E-state index contributed by atoms with van der Waals surface area (Å²) in [4.78, 5) is 10.6. The van der Waals surface area contributed by atoms with Gasteiger partial charge in [-0.25, -0.2) is 13.6 Å². The van der Waals surface area contributed by atoms with Crippen molar-refractivity contribution in [3.63, 3.8) is 0 Å². The van der Waals surface area contributed by atoms with Gasteiger partial charge in [-0.15, -0.1) is 0 Å². The van der Waals surface area contributed by atoms with E-state index in [9.17, 15) is 13.6 Å². The number of aliphatic carboxylic acids is 1. The lowest BCUT2D eigenvalue weighted by Crippen LogP contribution is -1.91. The maximum absolute atomic E-state index is 13.1. The van der Waals surface area contributed by atoms with E-state index in [1.165, 1.54) is 6.08 Å². The van der Waals surface area contributed by atoms with Crippen molar-refractivity contribution in [1.29, 1.82) is 0 Å². The molecular weight excluding hydrogens is 346 g/mol. The van der Waals surface area contributed by atoms with Gasteiger partial charge in [0.15, 0.2) is 0 Å². The quantitative estimate of drug-likeness (QED) is 0.815. The van der Waals surface area contributed by atoms with Crippen molar-refractivity contribution in [2.45, 2.75) is 0 Å². The van der Waals surface area contributed by atoms with E-state index in [1.54, 1.807) is 18.2 Å². The Morgan fingerprint density at radius 1 is 1.14 bits per heavy atom. The summed E-state index contributed by atoms with van der Waals surface area (Å²) in [6.45, 7) is 0. The van der Waals surface area contributed by atoms with Crippen LogP contribution in [-0.2, 0) is 4.79 Å². The van der Waals surface area contributed by atoms with Crippen molar-refractivity contribution in [2.75, 3.05) is 0 Å². The number of benzene rings is 2. The van der Waals surface area contributed by atoms with Crippen molar-refractivity contribution in [3.05, 3.63) is 64.1 Å². The van der Waals surface area contributed by atoms with Crippen LogP contribution in [0.4, 0.5) is 8.78 Å². The van der Waals surface area contributed by atoms with Gasteiger partial charge in [0.25, 0.3) is 0 Å². The number of hydrogen-bond acceptors (Lipinski definition) is 2. The first kappa shape index (κ1) is 15.2. The van der Waals surface area contributed by atoms with Crippen molar-refractivity contribution in [1.82, 2.24) is 0 Å². The molecule has 1 N–H and O–H groups in total. The van der Waals surface area contributed by atoms with Gasteiger partial charge >= 0.3 is 5.97 Å². The predicted molar refractivity (Wildman–Crippen MR) is 77.2 cm³/mol. The molecule has 21 heavy (non-hydrogen) atoms. The SMILES string of the molecule is O=C(O)/C=C/c1cc(Br)ccc1Oc1cc(F)cc(F)c1. The molecule has 0 fully saturated rings. The van der Waals surface area contributed by atoms with Crippen LogP contribution >= 0.6 is 15.9 Å². The number of carbonyl (C=O) groups is 1. The van der Waals surface area contributed by atoms with Gasteiger partial charge in [-0.3, -0.25) is 0 Å². The van der Waals surface area contributed by atoms with E-state index in [4.69, 9.17) is 9.84 Å². The zero-order valence-electron chi connectivity index (χ0n) is 10.5. The second-order valence-electron chi connectivity index (χ2n) is 4.06. The standard InChI is InChI=1S/C15H9BrF2O3/c16-10-2-3-14(9(5-10)1-4-15(19)20)21-13-7-11(17)6-12(18)8-13/h1-8H,(H,19,20)/b4-1+. The molecule has 0 aliphatic rings. The Balaban J connectivity index is 2.36. The summed E-state index contributed by atoms with van der Waals surface area (Å²) in [5, 5.41) is 8.66. The van der Waals surface area contributed by atoms with Gasteiger partial charge in [0.1, 0.15) is 23.1 Å². The highest BCUT2D eigenvalue weighted by Crippen LogP contribution is 2.29. The van der Waals surface area contributed by atoms with Crippen LogP contribution in [0.1, 0.15) is 5.56 Å². The number of hydrogen-bond donors (Lipinski definition) is 1. The van der Waals surface area contributed by atoms with Gasteiger partial charge in [-0.1, -0.05) is 15.9 Å². The minimum atomic E-state index is -1.11. The summed E-state index contributed by atoms with van der Waals surface area (Å²) in [6, 6.07) is 7.67. The summed E-state index contributed by atoms with van der Waals surface area (Å²) >= 11 is 3.26. The third-order valence-corrected chi connectivity index (χ3v) is 2.93. The monoisotopic (exact) mass is 354 g/mol. The molecule has 0 aromatic heterocycles. The Kier molecular flexibility index (Phi) is 4.70. The number of carboxylic acid groups (broad SMARTS) is 1. The zero-order valence-corrected chi connectivity index (χ0v) is 12.1. The largest absolute Gasteiger partial charge is 0.478 e. The summed E-state index contributed by atoms with van der Waals surface area (Å²) < 4.78 is 32.4. The van der Waals surface area contributed by atoms with E-state index in [0.717, 1.165) is 24.3 Å². The van der Waals surface area contributed by atoms with E-state index in [-0.39, 0.29) is 11.5 Å². The van der Waals surface area contributed by atoms with Crippen molar-refractivity contribution >= 4 is 28.0 Å². The zero-order chi connectivity index (χ0) is 15.4. The molecular formula is C15H9BrF2O3. The van der Waals surface area contributed by atoms with Crippen LogP contribution in [0.15, 0.2) is 46.9 Å². The molecule has 0 saturated heterocycles. The highest BCUT2D eigenvalue weighted by Gasteiger charge is 2.07. The Bertz CT molecular complexity index is 694. The predicted octanol–water partition coefficient (Wildman–Crippen LogP) is 4.62. The maximum atomic E-state index is 13.1. The highest BCUT2D eigenvalue weighted by molar-refractivity contribution is 9.10. The lowest BCUT2D eigenvalue weighted by atomic mass is 10.2. The molecule has 2 aromatic rings. The van der Waals surface area contributed by atoms with E-state index >= 15 is 0 Å². The Morgan fingerprint density at radius 2 is 1.81 bits per heavy atom. The highest BCUT2D eigenvalue weighted by atomic mass is 79.9. The molecule has 0 bridgehead atoms. The molecule has 108 valence electrons. The van der Waals surface area contributed by atoms with Gasteiger partial charge in [0.05, 0.1) is 0 Å². The number of ether oxygens (including phenoxy) is 1. The first-order valence-corrected chi connectivity index (χ1v) is 6.58. The van der Waals surface area contributed by atoms with Gasteiger partial charge in [-0.2, -0.15) is 0 Å². The second kappa shape index (κ2) is 6.49. The average Bonchev–Trinajstić information content (AvgIpc) is 2.37. The third kappa shape index (κ3) is 4.39. The van der Waals surface area contributed by atoms with Gasteiger partial charge in [0.2, 0.25) is 0 Å². The van der Waals surface area contributed by atoms with Crippen LogP contribution in [0.2, 0.25) is 0 Å². The Hall–Kier alpha value is -2.21. The fourth-order valence-corrected chi connectivity index (χ4v) is 2.00. The van der Waals surface area contributed by atoms with Crippen LogP contribution < -0.4 is 4.74 Å². The summed E-state index contributed by atoms with van der Waals surface area (Å²) in [7, 11) is 0. The molecule has 0 unspecified atom stereocenters. The first-order chi connectivity index (χ1) is 9.94. The molecule has 0 aliphatic heterocycles. The molecule has 0 amide bonds. The Labute approximate surface area is 127 Å². The second-order valence-corrected chi connectivity index (χ2v) is 4.98. The summed E-state index contributed by atoms with van der Waals surface area (Å²) in [6.07, 6.45) is 2.28. The molecule has 0 saturated carbocycles. The minimum absolute atomic E-state index is 0.0141. The topological polar surface area (TPSA) is 46.5 Å². The summed E-state index contributed by atoms with van der Waals surface area (Å²) in [5.74, 6) is -2.37. The van der Waals surface area contributed by atoms with Crippen molar-refractivity contribution in [2.24, 2.45) is 0 Å². The Morgan fingerprint density at radius 3 is 2.43 bits per heavy atom. The fraction of sp³-hybridized carbons (Fsp3) is 0. The van der Waals surface area contributed by atoms with E-state index < -0.39 is 17.6 Å². The molecule has 2 rings (SSSR count). The van der Waals surface area contributed by atoms with Crippen LogP contribution in [0.5, 0.6) is 11.5 Å². The molecule has 0 aliphatic carbocycles. The smallest absolute Gasteiger partial charge is 0.328 e. The van der Waals surface area contributed by atoms with Crippen LogP contribution in [-0.4, -0.2) is 11.1 Å². The van der Waals surface area contributed by atoms with Crippen LogP contribution in [0, 0.1) is 11.6 Å². The van der Waals surface area contributed by atoms with Gasteiger partial charge in [0, 0.05) is 34.3 Å².